The van der Waals surface area contributed by atoms with E-state index < -0.39 is 5.97 Å². The number of ether oxygens (including phenoxy) is 1. The number of rotatable bonds is 2. The molecule has 0 radical (unpaired) electrons. The number of fused-ring (bicyclic) bond motifs is 2. The van der Waals surface area contributed by atoms with Crippen LogP contribution in [0, 0.1) is 5.92 Å². The van der Waals surface area contributed by atoms with Crippen molar-refractivity contribution in [3.8, 4) is 5.75 Å². The Labute approximate surface area is 112 Å². The molecule has 1 fully saturated rings. The Bertz CT molecular complexity index is 514. The minimum atomic E-state index is -0.686. The largest absolute Gasteiger partial charge is 0.497 e. The van der Waals surface area contributed by atoms with Crippen LogP contribution in [0.5, 0.6) is 5.75 Å². The number of benzene rings is 1. The van der Waals surface area contributed by atoms with Crippen molar-refractivity contribution < 1.29 is 14.6 Å². The van der Waals surface area contributed by atoms with Crippen LogP contribution in [0.1, 0.15) is 24.0 Å². The average molecular weight is 261 g/mol. The van der Waals surface area contributed by atoms with Crippen LogP contribution in [0.15, 0.2) is 18.2 Å². The summed E-state index contributed by atoms with van der Waals surface area (Å²) in [6, 6.07) is 6.08. The molecule has 1 aromatic carbocycles. The molecule has 1 aliphatic heterocycles. The van der Waals surface area contributed by atoms with Crippen LogP contribution in [-0.2, 0) is 16.6 Å². The summed E-state index contributed by atoms with van der Waals surface area (Å²) >= 11 is 0. The van der Waals surface area contributed by atoms with Gasteiger partial charge in [0.25, 0.3) is 0 Å². The maximum atomic E-state index is 11.5. The van der Waals surface area contributed by atoms with Crippen molar-refractivity contribution in [2.45, 2.75) is 24.7 Å². The summed E-state index contributed by atoms with van der Waals surface area (Å²) in [5.74, 6) is -0.151. The van der Waals surface area contributed by atoms with E-state index in [0.29, 0.717) is 6.54 Å². The lowest BCUT2D eigenvalue weighted by Crippen LogP contribution is -2.42. The molecule has 1 spiro atoms. The Kier molecular flexibility index (Phi) is 2.97. The molecule has 1 saturated heterocycles. The molecule has 4 nitrogen and oxygen atoms in total. The number of carboxylic acids is 1. The summed E-state index contributed by atoms with van der Waals surface area (Å²) in [5, 5.41) is 12.8. The number of aliphatic carboxylic acids is 1. The second-order valence-electron chi connectivity index (χ2n) is 5.55. The second-order valence-corrected chi connectivity index (χ2v) is 5.55. The van der Waals surface area contributed by atoms with Crippen molar-refractivity contribution in [3.63, 3.8) is 0 Å². The Balaban J connectivity index is 2.09. The van der Waals surface area contributed by atoms with E-state index in [2.05, 4.69) is 17.4 Å². The molecule has 102 valence electrons. The molecule has 2 atom stereocenters. The molecular formula is C15H19NO3. The predicted molar refractivity (Wildman–Crippen MR) is 71.6 cm³/mol. The van der Waals surface area contributed by atoms with Gasteiger partial charge in [0.05, 0.1) is 13.0 Å². The summed E-state index contributed by atoms with van der Waals surface area (Å²) in [4.78, 5) is 11.5. The average Bonchev–Trinajstić information content (AvgIpc) is 2.83. The number of carbonyl (C=O) groups is 1. The van der Waals surface area contributed by atoms with E-state index >= 15 is 0 Å². The van der Waals surface area contributed by atoms with Crippen molar-refractivity contribution in [3.05, 3.63) is 29.3 Å². The standard InChI is InChI=1S/C15H19NO3/c1-19-11-4-5-12-10(7-11)3-2-6-15(12)9-16-8-13(15)14(17)18/h4-5,7,13,16H,2-3,6,8-9H2,1H3,(H,17,18). The van der Waals surface area contributed by atoms with Crippen LogP contribution in [0.2, 0.25) is 0 Å². The third-order valence-corrected chi connectivity index (χ3v) is 4.67. The molecule has 0 aromatic heterocycles. The minimum absolute atomic E-state index is 0.230. The van der Waals surface area contributed by atoms with E-state index in [1.54, 1.807) is 7.11 Å². The maximum absolute atomic E-state index is 11.5. The topological polar surface area (TPSA) is 58.6 Å². The van der Waals surface area contributed by atoms with E-state index in [9.17, 15) is 9.90 Å². The fraction of sp³-hybridized carbons (Fsp3) is 0.533. The quantitative estimate of drug-likeness (QED) is 0.848. The minimum Gasteiger partial charge on any atom is -0.497 e. The molecule has 0 saturated carbocycles. The van der Waals surface area contributed by atoms with Crippen LogP contribution >= 0.6 is 0 Å². The number of nitrogens with one attached hydrogen (secondary N) is 1. The first kappa shape index (κ1) is 12.5. The first-order chi connectivity index (χ1) is 9.17. The normalized spacial score (nSPS) is 29.2. The summed E-state index contributed by atoms with van der Waals surface area (Å²) in [5.41, 5.74) is 2.23. The molecule has 3 rings (SSSR count). The Hall–Kier alpha value is -1.55. The molecule has 1 aliphatic carbocycles. The van der Waals surface area contributed by atoms with Crippen molar-refractivity contribution in [1.29, 1.82) is 0 Å². The van der Waals surface area contributed by atoms with Crippen molar-refractivity contribution >= 4 is 5.97 Å². The monoisotopic (exact) mass is 261 g/mol. The summed E-state index contributed by atoms with van der Waals surface area (Å²) in [7, 11) is 1.66. The second kappa shape index (κ2) is 4.53. The first-order valence-electron chi connectivity index (χ1n) is 6.78. The van der Waals surface area contributed by atoms with E-state index in [4.69, 9.17) is 4.74 Å². The van der Waals surface area contributed by atoms with Gasteiger partial charge in [-0.05, 0) is 42.5 Å². The van der Waals surface area contributed by atoms with Crippen LogP contribution in [0.3, 0.4) is 0 Å². The highest BCUT2D eigenvalue weighted by Gasteiger charge is 2.49. The van der Waals surface area contributed by atoms with Gasteiger partial charge in [-0.25, -0.2) is 0 Å². The molecule has 4 heteroatoms. The Morgan fingerprint density at radius 2 is 2.37 bits per heavy atom. The fourth-order valence-electron chi connectivity index (χ4n) is 3.75. The van der Waals surface area contributed by atoms with Gasteiger partial charge in [0, 0.05) is 18.5 Å². The zero-order valence-electron chi connectivity index (χ0n) is 11.1. The highest BCUT2D eigenvalue weighted by molar-refractivity contribution is 5.74. The van der Waals surface area contributed by atoms with Gasteiger partial charge in [0.15, 0.2) is 0 Å². The zero-order chi connectivity index (χ0) is 13.5. The smallest absolute Gasteiger partial charge is 0.308 e. The molecule has 0 bridgehead atoms. The number of carboxylic acid groups (broad SMARTS) is 1. The van der Waals surface area contributed by atoms with Crippen molar-refractivity contribution in [2.75, 3.05) is 20.2 Å². The molecule has 2 N–H and O–H groups in total. The Morgan fingerprint density at radius 3 is 3.11 bits per heavy atom. The predicted octanol–water partition coefficient (Wildman–Crippen LogP) is 1.57. The summed E-state index contributed by atoms with van der Waals surface area (Å²) in [6.07, 6.45) is 3.02. The maximum Gasteiger partial charge on any atom is 0.308 e. The first-order valence-corrected chi connectivity index (χ1v) is 6.78. The lowest BCUT2D eigenvalue weighted by atomic mass is 9.64. The molecule has 1 heterocycles. The molecule has 2 unspecified atom stereocenters. The van der Waals surface area contributed by atoms with Gasteiger partial charge in [0.2, 0.25) is 0 Å². The Morgan fingerprint density at radius 1 is 1.53 bits per heavy atom. The van der Waals surface area contributed by atoms with Gasteiger partial charge in [0.1, 0.15) is 5.75 Å². The van der Waals surface area contributed by atoms with Crippen LogP contribution < -0.4 is 10.1 Å². The molecule has 0 amide bonds. The van der Waals surface area contributed by atoms with Crippen LogP contribution in [0.4, 0.5) is 0 Å². The van der Waals surface area contributed by atoms with E-state index in [1.165, 1.54) is 11.1 Å². The van der Waals surface area contributed by atoms with Crippen LogP contribution in [0.25, 0.3) is 0 Å². The van der Waals surface area contributed by atoms with Gasteiger partial charge in [-0.15, -0.1) is 0 Å². The fourth-order valence-corrected chi connectivity index (χ4v) is 3.75. The van der Waals surface area contributed by atoms with Gasteiger partial charge in [-0.3, -0.25) is 4.79 Å². The summed E-state index contributed by atoms with van der Waals surface area (Å²) < 4.78 is 5.27. The molecule has 2 aliphatic rings. The highest BCUT2D eigenvalue weighted by atomic mass is 16.5. The van der Waals surface area contributed by atoms with Crippen LogP contribution in [-0.4, -0.2) is 31.3 Å². The molecular weight excluding hydrogens is 242 g/mol. The van der Waals surface area contributed by atoms with Gasteiger partial charge < -0.3 is 15.2 Å². The number of methoxy groups -OCH3 is 1. The van der Waals surface area contributed by atoms with E-state index in [0.717, 1.165) is 31.6 Å². The van der Waals surface area contributed by atoms with Gasteiger partial charge in [-0.2, -0.15) is 0 Å². The third kappa shape index (κ3) is 1.82. The lowest BCUT2D eigenvalue weighted by molar-refractivity contribution is -0.143. The molecule has 19 heavy (non-hydrogen) atoms. The highest BCUT2D eigenvalue weighted by Crippen LogP contribution is 2.45. The third-order valence-electron chi connectivity index (χ3n) is 4.67. The SMILES string of the molecule is COc1ccc2c(c1)CCCC21CNCC1C(=O)O. The molecule has 1 aromatic rings. The van der Waals surface area contributed by atoms with Gasteiger partial charge in [-0.1, -0.05) is 6.07 Å². The van der Waals surface area contributed by atoms with Gasteiger partial charge >= 0.3 is 5.97 Å². The van der Waals surface area contributed by atoms with Crippen molar-refractivity contribution in [1.82, 2.24) is 5.32 Å². The summed E-state index contributed by atoms with van der Waals surface area (Å²) in [6.45, 7) is 1.34. The zero-order valence-corrected chi connectivity index (χ0v) is 11.1. The number of hydrogen-bond donors (Lipinski definition) is 2. The van der Waals surface area contributed by atoms with Crippen molar-refractivity contribution in [2.24, 2.45) is 5.92 Å². The van der Waals surface area contributed by atoms with E-state index in [1.807, 2.05) is 6.07 Å². The number of hydrogen-bond acceptors (Lipinski definition) is 3. The number of aryl methyl sites for hydroxylation is 1. The van der Waals surface area contributed by atoms with E-state index in [-0.39, 0.29) is 11.3 Å². The lowest BCUT2D eigenvalue weighted by Gasteiger charge is -2.38.